The van der Waals surface area contributed by atoms with Gasteiger partial charge in [0, 0.05) is 16.0 Å². The molecule has 0 aliphatic carbocycles. The molecule has 0 fully saturated rings. The second-order valence-electron chi connectivity index (χ2n) is 4.65. The number of benzene rings is 2. The van der Waals surface area contributed by atoms with Crippen molar-refractivity contribution in [3.05, 3.63) is 64.8 Å². The zero-order valence-electron chi connectivity index (χ0n) is 11.1. The van der Waals surface area contributed by atoms with Crippen LogP contribution in [0.1, 0.15) is 11.1 Å². The molecule has 0 aliphatic rings. The van der Waals surface area contributed by atoms with Crippen LogP contribution in [0.4, 0.5) is 0 Å². The molecule has 1 aromatic heterocycles. The molecule has 5 nitrogen and oxygen atoms in total. The SMILES string of the molecule is N/C(=N/O)c1ccc(Cn2ncc3ccccc32)c(Cl)c1. The Morgan fingerprint density at radius 3 is 2.86 bits per heavy atom. The fourth-order valence-corrected chi connectivity index (χ4v) is 2.45. The molecule has 3 aromatic rings. The average Bonchev–Trinajstić information content (AvgIpc) is 2.92. The highest BCUT2D eigenvalue weighted by Crippen LogP contribution is 2.21. The van der Waals surface area contributed by atoms with Crippen LogP contribution in [0, 0.1) is 0 Å². The summed E-state index contributed by atoms with van der Waals surface area (Å²) >= 11 is 6.27. The fourth-order valence-electron chi connectivity index (χ4n) is 2.21. The van der Waals surface area contributed by atoms with Gasteiger partial charge in [-0.1, -0.05) is 47.1 Å². The van der Waals surface area contributed by atoms with Crippen LogP contribution in [0.3, 0.4) is 0 Å². The summed E-state index contributed by atoms with van der Waals surface area (Å²) in [7, 11) is 0. The first-order valence-corrected chi connectivity index (χ1v) is 6.73. The summed E-state index contributed by atoms with van der Waals surface area (Å²) in [6.45, 7) is 0.558. The number of fused-ring (bicyclic) bond motifs is 1. The van der Waals surface area contributed by atoms with Gasteiger partial charge in [0.05, 0.1) is 18.3 Å². The number of oxime groups is 1. The van der Waals surface area contributed by atoms with Crippen molar-refractivity contribution in [3.63, 3.8) is 0 Å². The Hall–Kier alpha value is -2.53. The second kappa shape index (κ2) is 5.46. The lowest BCUT2D eigenvalue weighted by atomic mass is 10.1. The van der Waals surface area contributed by atoms with Crippen LogP contribution < -0.4 is 5.73 Å². The van der Waals surface area contributed by atoms with Gasteiger partial charge in [0.25, 0.3) is 0 Å². The Balaban J connectivity index is 1.95. The highest BCUT2D eigenvalue weighted by atomic mass is 35.5. The largest absolute Gasteiger partial charge is 0.409 e. The lowest BCUT2D eigenvalue weighted by Gasteiger charge is -2.08. The first-order valence-electron chi connectivity index (χ1n) is 6.36. The Morgan fingerprint density at radius 1 is 1.29 bits per heavy atom. The highest BCUT2D eigenvalue weighted by molar-refractivity contribution is 6.31. The van der Waals surface area contributed by atoms with E-state index in [1.54, 1.807) is 12.1 Å². The van der Waals surface area contributed by atoms with Crippen LogP contribution in [-0.2, 0) is 6.54 Å². The van der Waals surface area contributed by atoms with Crippen molar-refractivity contribution in [2.75, 3.05) is 0 Å². The lowest BCUT2D eigenvalue weighted by molar-refractivity contribution is 0.318. The van der Waals surface area contributed by atoms with Crippen LogP contribution in [0.15, 0.2) is 53.8 Å². The molecule has 21 heavy (non-hydrogen) atoms. The summed E-state index contributed by atoms with van der Waals surface area (Å²) in [5.41, 5.74) is 8.09. The number of aromatic nitrogens is 2. The maximum absolute atomic E-state index is 8.68. The van der Waals surface area contributed by atoms with Crippen molar-refractivity contribution in [2.24, 2.45) is 10.9 Å². The number of hydrogen-bond acceptors (Lipinski definition) is 3. The molecule has 0 saturated carbocycles. The molecule has 3 rings (SSSR count). The summed E-state index contributed by atoms with van der Waals surface area (Å²) in [6.07, 6.45) is 1.83. The van der Waals surface area contributed by atoms with Gasteiger partial charge in [0.2, 0.25) is 0 Å². The number of nitrogens with two attached hydrogens (primary N) is 1. The van der Waals surface area contributed by atoms with E-state index in [-0.39, 0.29) is 5.84 Å². The number of amidine groups is 1. The molecule has 3 N–H and O–H groups in total. The monoisotopic (exact) mass is 300 g/mol. The first-order chi connectivity index (χ1) is 10.2. The number of halogens is 1. The van der Waals surface area contributed by atoms with Gasteiger partial charge in [-0.15, -0.1) is 0 Å². The molecule has 0 saturated heterocycles. The molecule has 0 aliphatic heterocycles. The van der Waals surface area contributed by atoms with E-state index in [1.807, 2.05) is 41.2 Å². The van der Waals surface area contributed by atoms with E-state index in [4.69, 9.17) is 22.5 Å². The minimum atomic E-state index is 0.0352. The van der Waals surface area contributed by atoms with Crippen LogP contribution in [-0.4, -0.2) is 20.8 Å². The molecular weight excluding hydrogens is 288 g/mol. The van der Waals surface area contributed by atoms with E-state index >= 15 is 0 Å². The summed E-state index contributed by atoms with van der Waals surface area (Å²) in [4.78, 5) is 0. The standard InChI is InChI=1S/C15H13ClN4O/c16-13-7-10(15(17)19-21)5-6-12(13)9-20-14-4-2-1-3-11(14)8-18-20/h1-8,21H,9H2,(H2,17,19). The van der Waals surface area contributed by atoms with Gasteiger partial charge in [0.15, 0.2) is 5.84 Å². The van der Waals surface area contributed by atoms with Gasteiger partial charge in [-0.25, -0.2) is 0 Å². The third kappa shape index (κ3) is 2.55. The maximum Gasteiger partial charge on any atom is 0.170 e. The summed E-state index contributed by atoms with van der Waals surface area (Å²) in [6, 6.07) is 13.3. The van der Waals surface area contributed by atoms with E-state index in [0.717, 1.165) is 16.5 Å². The molecule has 0 bridgehead atoms. The van der Waals surface area contributed by atoms with Gasteiger partial charge in [-0.2, -0.15) is 5.10 Å². The first kappa shape index (κ1) is 13.5. The maximum atomic E-state index is 8.68. The molecule has 6 heteroatoms. The number of hydrogen-bond donors (Lipinski definition) is 2. The quantitative estimate of drug-likeness (QED) is 0.338. The van der Waals surface area contributed by atoms with Crippen LogP contribution >= 0.6 is 11.6 Å². The van der Waals surface area contributed by atoms with Gasteiger partial charge in [-0.3, -0.25) is 4.68 Å². The number of rotatable bonds is 3. The van der Waals surface area contributed by atoms with Crippen molar-refractivity contribution in [1.82, 2.24) is 9.78 Å². The number of para-hydroxylation sites is 1. The molecule has 0 unspecified atom stereocenters. The van der Waals surface area contributed by atoms with E-state index in [1.165, 1.54) is 0 Å². The van der Waals surface area contributed by atoms with Crippen molar-refractivity contribution in [2.45, 2.75) is 6.54 Å². The van der Waals surface area contributed by atoms with E-state index in [2.05, 4.69) is 10.3 Å². The minimum Gasteiger partial charge on any atom is -0.409 e. The Labute approximate surface area is 126 Å². The lowest BCUT2D eigenvalue weighted by Crippen LogP contribution is -2.13. The third-order valence-corrected chi connectivity index (χ3v) is 3.68. The molecule has 0 atom stereocenters. The Kier molecular flexibility index (Phi) is 3.50. The van der Waals surface area contributed by atoms with Gasteiger partial charge in [-0.05, 0) is 17.7 Å². The van der Waals surface area contributed by atoms with Crippen molar-refractivity contribution in [3.8, 4) is 0 Å². The topological polar surface area (TPSA) is 76.4 Å². The molecule has 106 valence electrons. The smallest absolute Gasteiger partial charge is 0.170 e. The molecule has 0 amide bonds. The Bertz CT molecular complexity index is 825. The highest BCUT2D eigenvalue weighted by Gasteiger charge is 2.08. The molecule has 0 spiro atoms. The predicted molar refractivity (Wildman–Crippen MR) is 82.8 cm³/mol. The zero-order valence-corrected chi connectivity index (χ0v) is 11.8. The average molecular weight is 301 g/mol. The van der Waals surface area contributed by atoms with E-state index < -0.39 is 0 Å². The molecular formula is C15H13ClN4O. The van der Waals surface area contributed by atoms with Crippen LogP contribution in [0.25, 0.3) is 10.9 Å². The third-order valence-electron chi connectivity index (χ3n) is 3.33. The fraction of sp³-hybridized carbons (Fsp3) is 0.0667. The van der Waals surface area contributed by atoms with Gasteiger partial charge in [0.1, 0.15) is 0 Å². The molecule has 0 radical (unpaired) electrons. The van der Waals surface area contributed by atoms with E-state index in [0.29, 0.717) is 17.1 Å². The van der Waals surface area contributed by atoms with Crippen molar-refractivity contribution in [1.29, 1.82) is 0 Å². The van der Waals surface area contributed by atoms with Gasteiger partial charge < -0.3 is 10.9 Å². The summed E-state index contributed by atoms with van der Waals surface area (Å²) in [5, 5.41) is 17.7. The minimum absolute atomic E-state index is 0.0352. The van der Waals surface area contributed by atoms with Gasteiger partial charge >= 0.3 is 0 Å². The number of nitrogens with zero attached hydrogens (tertiary/aromatic N) is 3. The summed E-state index contributed by atoms with van der Waals surface area (Å²) in [5.74, 6) is 0.0352. The Morgan fingerprint density at radius 2 is 2.10 bits per heavy atom. The van der Waals surface area contributed by atoms with Crippen molar-refractivity contribution < 1.29 is 5.21 Å². The van der Waals surface area contributed by atoms with Crippen molar-refractivity contribution >= 4 is 28.3 Å². The van der Waals surface area contributed by atoms with Crippen LogP contribution in [0.5, 0.6) is 0 Å². The molecule has 1 heterocycles. The predicted octanol–water partition coefficient (Wildman–Crippen LogP) is 2.83. The molecule has 2 aromatic carbocycles. The van der Waals surface area contributed by atoms with Crippen LogP contribution in [0.2, 0.25) is 5.02 Å². The second-order valence-corrected chi connectivity index (χ2v) is 5.06. The zero-order chi connectivity index (χ0) is 14.8. The normalized spacial score (nSPS) is 12.0. The summed E-state index contributed by atoms with van der Waals surface area (Å²) < 4.78 is 1.89. The van der Waals surface area contributed by atoms with E-state index in [9.17, 15) is 0 Å².